The molecule has 1 aromatic rings. The molecule has 2 N–H and O–H groups in total. The average molecular weight is 266 g/mol. The van der Waals surface area contributed by atoms with Gasteiger partial charge in [-0.15, -0.1) is 0 Å². The molecule has 1 fully saturated rings. The van der Waals surface area contributed by atoms with E-state index in [1.54, 1.807) is 0 Å². The first-order valence-corrected chi connectivity index (χ1v) is 6.53. The van der Waals surface area contributed by atoms with E-state index in [1.807, 2.05) is 0 Å². The van der Waals surface area contributed by atoms with Gasteiger partial charge >= 0.3 is 0 Å². The highest BCUT2D eigenvalue weighted by Gasteiger charge is 2.17. The van der Waals surface area contributed by atoms with E-state index in [1.165, 1.54) is 25.3 Å². The number of amides is 1. The summed E-state index contributed by atoms with van der Waals surface area (Å²) in [5.41, 5.74) is 0.179. The molecule has 19 heavy (non-hydrogen) atoms. The molecule has 0 bridgehead atoms. The van der Waals surface area contributed by atoms with Gasteiger partial charge in [0.15, 0.2) is 0 Å². The van der Waals surface area contributed by atoms with Crippen LogP contribution in [0.1, 0.15) is 19.3 Å². The van der Waals surface area contributed by atoms with Gasteiger partial charge in [-0.25, -0.2) is 4.39 Å². The summed E-state index contributed by atoms with van der Waals surface area (Å²) in [7, 11) is 1.51. The topological polar surface area (TPSA) is 50.4 Å². The molecule has 0 aromatic heterocycles. The number of rotatable bonds is 4. The summed E-state index contributed by atoms with van der Waals surface area (Å²) in [5.74, 6) is 0.326. The van der Waals surface area contributed by atoms with Crippen LogP contribution in [0.25, 0.3) is 0 Å². The molecular weight excluding hydrogens is 247 g/mol. The van der Waals surface area contributed by atoms with Crippen LogP contribution in [0.2, 0.25) is 0 Å². The van der Waals surface area contributed by atoms with Crippen molar-refractivity contribution in [2.45, 2.75) is 19.3 Å². The number of nitrogens with one attached hydrogen (secondary N) is 2. The van der Waals surface area contributed by atoms with Crippen LogP contribution in [0.5, 0.6) is 5.75 Å². The number of anilines is 1. The van der Waals surface area contributed by atoms with Crippen LogP contribution in [0, 0.1) is 11.7 Å². The van der Waals surface area contributed by atoms with Crippen molar-refractivity contribution < 1.29 is 13.9 Å². The highest BCUT2D eigenvalue weighted by atomic mass is 19.1. The van der Waals surface area contributed by atoms with Gasteiger partial charge in [0.2, 0.25) is 5.91 Å². The fourth-order valence-corrected chi connectivity index (χ4v) is 2.28. The third kappa shape index (κ3) is 3.92. The highest BCUT2D eigenvalue weighted by molar-refractivity contribution is 5.91. The lowest BCUT2D eigenvalue weighted by atomic mass is 9.94. The number of piperidine rings is 1. The van der Waals surface area contributed by atoms with Gasteiger partial charge in [0.05, 0.1) is 12.8 Å². The molecule has 104 valence electrons. The van der Waals surface area contributed by atoms with E-state index in [0.717, 1.165) is 25.9 Å². The second-order valence-corrected chi connectivity index (χ2v) is 4.79. The number of halogens is 1. The Morgan fingerprint density at radius 1 is 1.47 bits per heavy atom. The number of methoxy groups -OCH3 is 1. The van der Waals surface area contributed by atoms with Crippen molar-refractivity contribution in [3.63, 3.8) is 0 Å². The first-order chi connectivity index (χ1) is 9.19. The van der Waals surface area contributed by atoms with Gasteiger partial charge in [-0.2, -0.15) is 0 Å². The molecule has 0 atom stereocenters. The lowest BCUT2D eigenvalue weighted by molar-refractivity contribution is -0.117. The summed E-state index contributed by atoms with van der Waals surface area (Å²) in [6.07, 6.45) is 2.43. The van der Waals surface area contributed by atoms with Crippen molar-refractivity contribution in [2.24, 2.45) is 5.92 Å². The maximum atomic E-state index is 13.6. The molecule has 0 radical (unpaired) electrons. The number of hydrogen-bond acceptors (Lipinski definition) is 3. The van der Waals surface area contributed by atoms with Crippen molar-refractivity contribution >= 4 is 11.6 Å². The van der Waals surface area contributed by atoms with Crippen LogP contribution in [0.4, 0.5) is 10.1 Å². The summed E-state index contributed by atoms with van der Waals surface area (Å²) in [6.45, 7) is 1.90. The van der Waals surface area contributed by atoms with E-state index in [4.69, 9.17) is 4.74 Å². The third-order valence-electron chi connectivity index (χ3n) is 3.38. The van der Waals surface area contributed by atoms with Gasteiger partial charge in [-0.05, 0) is 44.0 Å². The molecule has 5 heteroatoms. The van der Waals surface area contributed by atoms with Gasteiger partial charge < -0.3 is 15.4 Å². The Morgan fingerprint density at radius 2 is 2.21 bits per heavy atom. The summed E-state index contributed by atoms with van der Waals surface area (Å²) >= 11 is 0. The van der Waals surface area contributed by atoms with E-state index in [2.05, 4.69) is 10.6 Å². The smallest absolute Gasteiger partial charge is 0.224 e. The molecule has 1 amide bonds. The normalized spacial score (nSPS) is 16.1. The van der Waals surface area contributed by atoms with Crippen LogP contribution < -0.4 is 15.4 Å². The van der Waals surface area contributed by atoms with Crippen LogP contribution in [0.15, 0.2) is 18.2 Å². The molecular formula is C14H19FN2O2. The van der Waals surface area contributed by atoms with Crippen molar-refractivity contribution in [3.05, 3.63) is 24.0 Å². The summed E-state index contributed by atoms with van der Waals surface area (Å²) in [5, 5.41) is 5.87. The Balaban J connectivity index is 1.94. The molecule has 1 aromatic carbocycles. The Hall–Kier alpha value is -1.62. The largest absolute Gasteiger partial charge is 0.497 e. The van der Waals surface area contributed by atoms with Gasteiger partial charge in [-0.1, -0.05) is 0 Å². The second-order valence-electron chi connectivity index (χ2n) is 4.79. The molecule has 0 saturated carbocycles. The van der Waals surface area contributed by atoms with Crippen LogP contribution in [0.3, 0.4) is 0 Å². The van der Waals surface area contributed by atoms with Crippen molar-refractivity contribution in [2.75, 3.05) is 25.5 Å². The van der Waals surface area contributed by atoms with E-state index in [-0.39, 0.29) is 11.6 Å². The van der Waals surface area contributed by atoms with Crippen LogP contribution in [-0.4, -0.2) is 26.1 Å². The van der Waals surface area contributed by atoms with E-state index in [9.17, 15) is 9.18 Å². The maximum Gasteiger partial charge on any atom is 0.224 e. The molecule has 4 nitrogen and oxygen atoms in total. The second kappa shape index (κ2) is 6.52. The molecule has 0 aliphatic carbocycles. The lowest BCUT2D eigenvalue weighted by Crippen LogP contribution is -2.30. The SMILES string of the molecule is COc1ccc(F)c(NC(=O)CC2CCNCC2)c1. The number of carbonyl (C=O) groups excluding carboxylic acids is 1. The number of ether oxygens (including phenoxy) is 1. The van der Waals surface area contributed by atoms with Gasteiger partial charge in [0.25, 0.3) is 0 Å². The van der Waals surface area contributed by atoms with Crippen molar-refractivity contribution in [1.82, 2.24) is 5.32 Å². The van der Waals surface area contributed by atoms with Crippen molar-refractivity contribution in [1.29, 1.82) is 0 Å². The fourth-order valence-electron chi connectivity index (χ4n) is 2.28. The Bertz CT molecular complexity index is 445. The Morgan fingerprint density at radius 3 is 2.89 bits per heavy atom. The van der Waals surface area contributed by atoms with Crippen LogP contribution >= 0.6 is 0 Å². The first kappa shape index (κ1) is 13.8. The maximum absolute atomic E-state index is 13.6. The molecule has 1 aliphatic heterocycles. The number of hydrogen-bond donors (Lipinski definition) is 2. The zero-order chi connectivity index (χ0) is 13.7. The minimum Gasteiger partial charge on any atom is -0.497 e. The summed E-state index contributed by atoms with van der Waals surface area (Å²) in [4.78, 5) is 11.9. The predicted octanol–water partition coefficient (Wildman–Crippen LogP) is 2.16. The van der Waals surface area contributed by atoms with Gasteiger partial charge in [0.1, 0.15) is 11.6 Å². The van der Waals surface area contributed by atoms with E-state index in [0.29, 0.717) is 18.1 Å². The molecule has 1 saturated heterocycles. The van der Waals surface area contributed by atoms with E-state index < -0.39 is 5.82 Å². The minimum atomic E-state index is -0.445. The third-order valence-corrected chi connectivity index (χ3v) is 3.38. The lowest BCUT2D eigenvalue weighted by Gasteiger charge is -2.22. The highest BCUT2D eigenvalue weighted by Crippen LogP contribution is 2.22. The zero-order valence-electron chi connectivity index (χ0n) is 11.0. The predicted molar refractivity (Wildman–Crippen MR) is 71.8 cm³/mol. The summed E-state index contributed by atoms with van der Waals surface area (Å²) in [6, 6.07) is 4.31. The Kier molecular flexibility index (Phi) is 4.74. The molecule has 1 heterocycles. The average Bonchev–Trinajstić information content (AvgIpc) is 2.42. The van der Waals surface area contributed by atoms with Gasteiger partial charge in [0, 0.05) is 12.5 Å². The minimum absolute atomic E-state index is 0.140. The molecule has 0 spiro atoms. The van der Waals surface area contributed by atoms with Crippen LogP contribution in [-0.2, 0) is 4.79 Å². The number of carbonyl (C=O) groups is 1. The van der Waals surface area contributed by atoms with Gasteiger partial charge in [-0.3, -0.25) is 4.79 Å². The quantitative estimate of drug-likeness (QED) is 0.878. The monoisotopic (exact) mass is 266 g/mol. The fraction of sp³-hybridized carbons (Fsp3) is 0.500. The zero-order valence-corrected chi connectivity index (χ0v) is 11.0. The van der Waals surface area contributed by atoms with Crippen molar-refractivity contribution in [3.8, 4) is 5.75 Å². The van der Waals surface area contributed by atoms with E-state index >= 15 is 0 Å². The Labute approximate surface area is 112 Å². The molecule has 2 rings (SSSR count). The first-order valence-electron chi connectivity index (χ1n) is 6.53. The molecule has 1 aliphatic rings. The standard InChI is InChI=1S/C14H19FN2O2/c1-19-11-2-3-12(15)13(9-11)17-14(18)8-10-4-6-16-7-5-10/h2-3,9-10,16H,4-8H2,1H3,(H,17,18). The summed E-state index contributed by atoms with van der Waals surface area (Å²) < 4.78 is 18.6. The number of benzene rings is 1. The molecule has 0 unspecified atom stereocenters.